The molecule has 101 valence electrons. The monoisotopic (exact) mass is 379 g/mol. The SMILES string of the molecule is [Cl][Zr]([Cl])([BH]c1ccccc1)([C]1=CC=CC1)[C]1=CC=CC1. The van der Waals surface area contributed by atoms with Crippen LogP contribution in [0.4, 0.5) is 0 Å². The fourth-order valence-electron chi connectivity index (χ4n) is 3.01. The van der Waals surface area contributed by atoms with E-state index in [4.69, 9.17) is 17.0 Å². The molecule has 2 aliphatic carbocycles. The van der Waals surface area contributed by atoms with Gasteiger partial charge in [-0.1, -0.05) is 0 Å². The molecule has 4 heteroatoms. The Morgan fingerprint density at radius 2 is 1.40 bits per heavy atom. The standard InChI is InChI=1S/C6H6B.2C5H5.2ClH.Zr/c7-6-4-2-1-3-5-6;2*1-2-4-5-3-1;;;/h1-5,7H;2*1-3H,4H2;2*1H;/q+1;;;;;+1/p-2. The molecule has 1 aromatic carbocycles. The summed E-state index contributed by atoms with van der Waals surface area (Å²) in [5.41, 5.74) is 1.24. The first-order valence-corrected chi connectivity index (χ1v) is 17.5. The second-order valence-electron chi connectivity index (χ2n) is 5.51. The Morgan fingerprint density at radius 3 is 1.85 bits per heavy atom. The van der Waals surface area contributed by atoms with Crippen LogP contribution >= 0.6 is 17.0 Å². The van der Waals surface area contributed by atoms with Gasteiger partial charge in [0.2, 0.25) is 0 Å². The van der Waals surface area contributed by atoms with Crippen molar-refractivity contribution in [2.24, 2.45) is 0 Å². The topological polar surface area (TPSA) is 0 Å². The average molecular weight is 381 g/mol. The van der Waals surface area contributed by atoms with Crippen LogP contribution in [0.25, 0.3) is 0 Å². The maximum atomic E-state index is 7.30. The summed E-state index contributed by atoms with van der Waals surface area (Å²) in [6, 6.07) is 10.4. The van der Waals surface area contributed by atoms with Crippen LogP contribution in [0.15, 0.2) is 73.3 Å². The third-order valence-corrected chi connectivity index (χ3v) is 22.0. The number of hydrogen-bond acceptors (Lipinski definition) is 0. The molecule has 1 aromatic rings. The third kappa shape index (κ3) is 2.59. The predicted molar refractivity (Wildman–Crippen MR) is 88.6 cm³/mol. The number of rotatable bonds is 4. The van der Waals surface area contributed by atoms with Crippen LogP contribution in [-0.4, -0.2) is 4.82 Å². The average Bonchev–Trinajstić information content (AvgIpc) is 3.14. The summed E-state index contributed by atoms with van der Waals surface area (Å²) in [5, 5.41) is 0. The van der Waals surface area contributed by atoms with E-state index in [1.807, 2.05) is 6.07 Å². The molecule has 20 heavy (non-hydrogen) atoms. The summed E-state index contributed by atoms with van der Waals surface area (Å²) in [5.74, 6) is 0. The molecule has 0 aliphatic heterocycles. The van der Waals surface area contributed by atoms with Gasteiger partial charge < -0.3 is 0 Å². The normalized spacial score (nSPS) is 19.4. The van der Waals surface area contributed by atoms with Gasteiger partial charge in [0.1, 0.15) is 0 Å². The van der Waals surface area contributed by atoms with Gasteiger partial charge in [0, 0.05) is 0 Å². The number of halogens is 2. The molecule has 0 spiro atoms. The Bertz CT molecular complexity index is 608. The van der Waals surface area contributed by atoms with Crippen LogP contribution in [0.3, 0.4) is 0 Å². The van der Waals surface area contributed by atoms with Gasteiger partial charge in [-0.2, -0.15) is 0 Å². The van der Waals surface area contributed by atoms with E-state index in [2.05, 4.69) is 60.7 Å². The van der Waals surface area contributed by atoms with Crippen molar-refractivity contribution >= 4 is 27.3 Å². The third-order valence-electron chi connectivity index (χ3n) is 4.16. The number of hydrogen-bond donors (Lipinski definition) is 0. The zero-order valence-electron chi connectivity index (χ0n) is 11.2. The first-order valence-electron chi connectivity index (χ1n) is 6.93. The van der Waals surface area contributed by atoms with Crippen LogP contribution in [-0.2, 0) is 16.2 Å². The molecule has 0 aromatic heterocycles. The molecule has 3 rings (SSSR count). The predicted octanol–water partition coefficient (Wildman–Crippen LogP) is 4.35. The van der Waals surface area contributed by atoms with Crippen LogP contribution in [0.1, 0.15) is 12.8 Å². The van der Waals surface area contributed by atoms with E-state index in [1.165, 1.54) is 12.0 Å². The van der Waals surface area contributed by atoms with Gasteiger partial charge in [-0.15, -0.1) is 0 Å². The Labute approximate surface area is 129 Å². The van der Waals surface area contributed by atoms with Gasteiger partial charge >= 0.3 is 130 Å². The van der Waals surface area contributed by atoms with Crippen LogP contribution in [0.5, 0.6) is 0 Å². The molecule has 2 aliphatic rings. The molecular formula is C16H16BCl2Zr. The van der Waals surface area contributed by atoms with Crippen LogP contribution in [0, 0.1) is 0 Å². The number of benzene rings is 1. The molecule has 0 unspecified atom stereocenters. The van der Waals surface area contributed by atoms with Crippen molar-refractivity contribution in [3.05, 3.63) is 73.3 Å². The van der Waals surface area contributed by atoms with E-state index in [1.54, 1.807) is 0 Å². The molecule has 0 saturated heterocycles. The molecule has 0 radical (unpaired) electrons. The first kappa shape index (κ1) is 14.6. The van der Waals surface area contributed by atoms with Gasteiger partial charge in [0.15, 0.2) is 0 Å². The van der Waals surface area contributed by atoms with Crippen molar-refractivity contribution in [2.75, 3.05) is 0 Å². The van der Waals surface area contributed by atoms with Gasteiger partial charge in [0.25, 0.3) is 0 Å². The Balaban J connectivity index is 2.04. The molecule has 0 atom stereocenters. The molecule has 0 fully saturated rings. The number of allylic oxidation sites excluding steroid dienone is 8. The molecule has 0 bridgehead atoms. The molecule has 0 amide bonds. The summed E-state index contributed by atoms with van der Waals surface area (Å²) < 4.78 is 2.54. The second-order valence-corrected chi connectivity index (χ2v) is 26.4. The van der Waals surface area contributed by atoms with E-state index in [0.717, 1.165) is 17.7 Å². The Hall–Kier alpha value is -0.292. The summed E-state index contributed by atoms with van der Waals surface area (Å²) in [7, 11) is 14.6. The minimum atomic E-state index is -4.11. The fourth-order valence-corrected chi connectivity index (χ4v) is 17.3. The van der Waals surface area contributed by atoms with Crippen molar-refractivity contribution in [1.29, 1.82) is 0 Å². The quantitative estimate of drug-likeness (QED) is 0.681. The van der Waals surface area contributed by atoms with Crippen LogP contribution in [0.2, 0.25) is 0 Å². The van der Waals surface area contributed by atoms with Crippen LogP contribution < -0.4 is 5.46 Å². The van der Waals surface area contributed by atoms with Crippen molar-refractivity contribution in [3.8, 4) is 0 Å². The Morgan fingerprint density at radius 1 is 0.850 bits per heavy atom. The summed E-state index contributed by atoms with van der Waals surface area (Å²) >= 11 is -4.11. The second kappa shape index (κ2) is 5.48. The van der Waals surface area contributed by atoms with E-state index in [9.17, 15) is 0 Å². The van der Waals surface area contributed by atoms with Crippen molar-refractivity contribution in [3.63, 3.8) is 0 Å². The molecule has 0 N–H and O–H groups in total. The maximum absolute atomic E-state index is 7.30. The zero-order chi connectivity index (χ0) is 14.1. The summed E-state index contributed by atoms with van der Waals surface area (Å²) in [6.07, 6.45) is 14.6. The first-order chi connectivity index (χ1) is 9.58. The minimum absolute atomic E-state index is 0.798. The van der Waals surface area contributed by atoms with Gasteiger partial charge in [-0.05, 0) is 0 Å². The van der Waals surface area contributed by atoms with Gasteiger partial charge in [-0.25, -0.2) is 0 Å². The molecule has 0 nitrogen and oxygen atoms in total. The van der Waals surface area contributed by atoms with E-state index >= 15 is 0 Å². The fraction of sp³-hybridized carbons (Fsp3) is 0.125. The van der Waals surface area contributed by atoms with Crippen molar-refractivity contribution in [1.82, 2.24) is 0 Å². The molecule has 0 heterocycles. The van der Waals surface area contributed by atoms with E-state index in [0.29, 0.717) is 0 Å². The van der Waals surface area contributed by atoms with Gasteiger partial charge in [-0.3, -0.25) is 0 Å². The zero-order valence-corrected chi connectivity index (χ0v) is 15.2. The summed E-state index contributed by atoms with van der Waals surface area (Å²) in [6.45, 7) is 0. The van der Waals surface area contributed by atoms with E-state index < -0.39 is 16.2 Å². The van der Waals surface area contributed by atoms with Crippen molar-refractivity contribution in [2.45, 2.75) is 12.8 Å². The molecular weight excluding hydrogens is 365 g/mol. The molecule has 0 saturated carbocycles. The van der Waals surface area contributed by atoms with Crippen molar-refractivity contribution < 1.29 is 16.2 Å². The van der Waals surface area contributed by atoms with Gasteiger partial charge in [0.05, 0.1) is 0 Å². The Kier molecular flexibility index (Phi) is 4.01. The summed E-state index contributed by atoms with van der Waals surface area (Å²) in [4.78, 5) is 0.798. The van der Waals surface area contributed by atoms with E-state index in [-0.39, 0.29) is 0 Å².